The van der Waals surface area contributed by atoms with Crippen LogP contribution in [0.4, 0.5) is 0 Å². The zero-order valence-electron chi connectivity index (χ0n) is 15.8. The number of aromatic nitrogens is 1. The van der Waals surface area contributed by atoms with Gasteiger partial charge >= 0.3 is 0 Å². The predicted octanol–water partition coefficient (Wildman–Crippen LogP) is -0.622. The van der Waals surface area contributed by atoms with Crippen LogP contribution in [0.2, 0.25) is 0 Å². The van der Waals surface area contributed by atoms with Crippen LogP contribution < -0.4 is 11.2 Å². The minimum Gasteiger partial charge on any atom is -0.389 e. The fourth-order valence-electron chi connectivity index (χ4n) is 3.27. The first-order valence-electron chi connectivity index (χ1n) is 8.94. The lowest BCUT2D eigenvalue weighted by Gasteiger charge is -2.33. The van der Waals surface area contributed by atoms with Gasteiger partial charge in [-0.1, -0.05) is 19.9 Å². The van der Waals surface area contributed by atoms with E-state index in [9.17, 15) is 19.5 Å². The smallest absolute Gasteiger partial charge is 0.286 e. The van der Waals surface area contributed by atoms with Crippen LogP contribution in [-0.2, 0) is 9.59 Å². The number of carbonyl (C=O) groups excluding carboxylic acids is 3. The summed E-state index contributed by atoms with van der Waals surface area (Å²) in [5.74, 6) is -2.67. The Morgan fingerprint density at radius 2 is 2.07 bits per heavy atom. The molecule has 0 saturated carbocycles. The lowest BCUT2D eigenvalue weighted by molar-refractivity contribution is -0.145. The Bertz CT molecular complexity index is 682. The number of hydrogen-bond acceptors (Lipinski definition) is 6. The van der Waals surface area contributed by atoms with Crippen molar-refractivity contribution in [3.05, 3.63) is 30.1 Å². The molecule has 3 unspecified atom stereocenters. The van der Waals surface area contributed by atoms with Gasteiger partial charge in [-0.3, -0.25) is 24.4 Å². The summed E-state index contributed by atoms with van der Waals surface area (Å²) in [6.07, 6.45) is 0.952. The Morgan fingerprint density at radius 1 is 1.37 bits per heavy atom. The first-order chi connectivity index (χ1) is 12.7. The Kier molecular flexibility index (Phi) is 6.86. The molecule has 0 radical (unpaired) electrons. The van der Waals surface area contributed by atoms with Crippen LogP contribution in [0.1, 0.15) is 30.8 Å². The molecular formula is C18H27N5O4. The van der Waals surface area contributed by atoms with Crippen LogP contribution >= 0.6 is 0 Å². The molecule has 148 valence electrons. The van der Waals surface area contributed by atoms with E-state index >= 15 is 0 Å². The van der Waals surface area contributed by atoms with Crippen molar-refractivity contribution in [2.24, 2.45) is 17.6 Å². The Balaban J connectivity index is 2.11. The monoisotopic (exact) mass is 377 g/mol. The third-order valence-electron chi connectivity index (χ3n) is 4.77. The molecule has 3 atom stereocenters. The lowest BCUT2D eigenvalue weighted by Crippen LogP contribution is -2.52. The standard InChI is InChI=1S/C18H27N5O4/c1-11(2)15(16(19)25)18(27)22(3)13-7-9-21-23(10-14(13)24)17(26)12-6-4-5-8-20-12/h4-6,8,11,13-15,21,24H,7,9-10H2,1-3H3,(H2,19,25). The fourth-order valence-corrected chi connectivity index (χ4v) is 3.27. The van der Waals surface area contributed by atoms with Crippen molar-refractivity contribution >= 4 is 17.7 Å². The van der Waals surface area contributed by atoms with Crippen molar-refractivity contribution < 1.29 is 19.5 Å². The normalized spacial score (nSPS) is 21.4. The Morgan fingerprint density at radius 3 is 2.63 bits per heavy atom. The number of amides is 3. The van der Waals surface area contributed by atoms with Gasteiger partial charge in [-0.05, 0) is 24.5 Å². The summed E-state index contributed by atoms with van der Waals surface area (Å²) in [6, 6.07) is 4.46. The topological polar surface area (TPSA) is 129 Å². The molecule has 1 aromatic heterocycles. The number of hydrogen-bond donors (Lipinski definition) is 3. The van der Waals surface area contributed by atoms with Crippen LogP contribution in [0, 0.1) is 11.8 Å². The van der Waals surface area contributed by atoms with E-state index in [1.165, 1.54) is 16.1 Å². The van der Waals surface area contributed by atoms with Crippen molar-refractivity contribution in [2.45, 2.75) is 32.4 Å². The quantitative estimate of drug-likeness (QED) is 0.587. The maximum atomic E-state index is 12.7. The van der Waals surface area contributed by atoms with Crippen LogP contribution in [0.15, 0.2) is 24.4 Å². The third kappa shape index (κ3) is 4.81. The first-order valence-corrected chi connectivity index (χ1v) is 8.94. The molecule has 1 aliphatic heterocycles. The Labute approximate surface area is 158 Å². The minimum atomic E-state index is -0.984. The van der Waals surface area contributed by atoms with Gasteiger partial charge in [0, 0.05) is 19.8 Å². The highest BCUT2D eigenvalue weighted by molar-refractivity contribution is 5.99. The second-order valence-corrected chi connectivity index (χ2v) is 7.04. The molecule has 3 amide bonds. The van der Waals surface area contributed by atoms with E-state index in [4.69, 9.17) is 5.73 Å². The summed E-state index contributed by atoms with van der Waals surface area (Å²) in [4.78, 5) is 42.3. The molecule has 0 spiro atoms. The average Bonchev–Trinajstić information content (AvgIpc) is 2.82. The maximum Gasteiger partial charge on any atom is 0.286 e. The van der Waals surface area contributed by atoms with Crippen molar-refractivity contribution in [1.82, 2.24) is 20.3 Å². The van der Waals surface area contributed by atoms with Crippen LogP contribution in [-0.4, -0.2) is 70.0 Å². The summed E-state index contributed by atoms with van der Waals surface area (Å²) in [6.45, 7) is 3.86. The highest BCUT2D eigenvalue weighted by Gasteiger charge is 2.37. The van der Waals surface area contributed by atoms with Crippen LogP contribution in [0.5, 0.6) is 0 Å². The molecule has 1 aromatic rings. The van der Waals surface area contributed by atoms with Crippen molar-refractivity contribution in [1.29, 1.82) is 0 Å². The number of nitrogens with two attached hydrogens (primary N) is 1. The zero-order valence-corrected chi connectivity index (χ0v) is 15.8. The number of pyridine rings is 1. The van der Waals surface area contributed by atoms with E-state index in [1.54, 1.807) is 39.1 Å². The summed E-state index contributed by atoms with van der Waals surface area (Å²) in [5, 5.41) is 11.9. The van der Waals surface area contributed by atoms with Gasteiger partial charge in [0.05, 0.1) is 18.7 Å². The van der Waals surface area contributed by atoms with Gasteiger partial charge in [-0.25, -0.2) is 5.43 Å². The summed E-state index contributed by atoms with van der Waals surface area (Å²) in [5.41, 5.74) is 8.60. The van der Waals surface area contributed by atoms with Gasteiger partial charge in [0.1, 0.15) is 11.6 Å². The Hall–Kier alpha value is -2.52. The number of carbonyl (C=O) groups is 3. The van der Waals surface area contributed by atoms with E-state index in [1.807, 2.05) is 0 Å². The first kappa shape index (κ1) is 20.8. The minimum absolute atomic E-state index is 0.0133. The maximum absolute atomic E-state index is 12.7. The molecule has 4 N–H and O–H groups in total. The number of likely N-dealkylation sites (N-methyl/N-ethyl adjacent to an activating group) is 1. The van der Waals surface area contributed by atoms with Gasteiger partial charge in [-0.2, -0.15) is 0 Å². The lowest BCUT2D eigenvalue weighted by atomic mass is 9.92. The highest BCUT2D eigenvalue weighted by atomic mass is 16.3. The van der Waals surface area contributed by atoms with E-state index in [2.05, 4.69) is 10.4 Å². The molecule has 0 aliphatic carbocycles. The van der Waals surface area contributed by atoms with Gasteiger partial charge in [0.2, 0.25) is 11.8 Å². The number of nitrogens with one attached hydrogen (secondary N) is 1. The number of aliphatic hydroxyl groups is 1. The summed E-state index contributed by atoms with van der Waals surface area (Å²) < 4.78 is 0. The largest absolute Gasteiger partial charge is 0.389 e. The number of rotatable bonds is 5. The number of hydrazine groups is 1. The van der Waals surface area contributed by atoms with Gasteiger partial charge in [0.25, 0.3) is 5.91 Å². The van der Waals surface area contributed by atoms with E-state index in [0.717, 1.165) is 0 Å². The molecule has 2 rings (SSSR count). The van der Waals surface area contributed by atoms with Crippen LogP contribution in [0.25, 0.3) is 0 Å². The number of primary amides is 1. The zero-order chi connectivity index (χ0) is 20.1. The van der Waals surface area contributed by atoms with Gasteiger partial charge in [0.15, 0.2) is 0 Å². The molecule has 0 aromatic carbocycles. The summed E-state index contributed by atoms with van der Waals surface area (Å²) >= 11 is 0. The van der Waals surface area contributed by atoms with Crippen molar-refractivity contribution in [3.63, 3.8) is 0 Å². The second-order valence-electron chi connectivity index (χ2n) is 7.04. The van der Waals surface area contributed by atoms with E-state index in [0.29, 0.717) is 13.0 Å². The highest BCUT2D eigenvalue weighted by Crippen LogP contribution is 2.19. The van der Waals surface area contributed by atoms with Gasteiger partial charge < -0.3 is 15.7 Å². The SMILES string of the molecule is CC(C)C(C(N)=O)C(=O)N(C)C1CCNN(C(=O)c2ccccn2)CC1O. The number of aliphatic hydroxyl groups excluding tert-OH is 1. The molecule has 27 heavy (non-hydrogen) atoms. The second kappa shape index (κ2) is 8.92. The fraction of sp³-hybridized carbons (Fsp3) is 0.556. The average molecular weight is 377 g/mol. The van der Waals surface area contributed by atoms with Crippen molar-refractivity contribution in [3.8, 4) is 0 Å². The number of β-amino-alcohol motifs (C(OH)–C–C–N with tert-alkyl or cyclic N) is 1. The molecular weight excluding hydrogens is 350 g/mol. The molecule has 1 fully saturated rings. The molecule has 2 heterocycles. The van der Waals surface area contributed by atoms with Crippen LogP contribution in [0.3, 0.4) is 0 Å². The predicted molar refractivity (Wildman–Crippen MR) is 98.0 cm³/mol. The molecule has 0 bridgehead atoms. The molecule has 1 aliphatic rings. The van der Waals surface area contributed by atoms with Crippen molar-refractivity contribution in [2.75, 3.05) is 20.1 Å². The summed E-state index contributed by atoms with van der Waals surface area (Å²) in [7, 11) is 1.55. The third-order valence-corrected chi connectivity index (χ3v) is 4.77. The molecule has 9 heteroatoms. The number of nitrogens with zero attached hydrogens (tertiary/aromatic N) is 3. The molecule has 1 saturated heterocycles. The molecule has 9 nitrogen and oxygen atoms in total. The van der Waals surface area contributed by atoms with E-state index in [-0.39, 0.29) is 24.1 Å². The van der Waals surface area contributed by atoms with Gasteiger partial charge in [-0.15, -0.1) is 0 Å². The van der Waals surface area contributed by atoms with E-state index < -0.39 is 29.9 Å².